The second-order valence-electron chi connectivity index (χ2n) is 6.68. The first-order valence-corrected chi connectivity index (χ1v) is 8.14. The molecular weight excluding hydrogens is 258 g/mol. The highest BCUT2D eigenvalue weighted by Crippen LogP contribution is 2.20. The van der Waals surface area contributed by atoms with Gasteiger partial charge in [0.25, 0.3) is 0 Å². The Kier molecular flexibility index (Phi) is 5.80. The van der Waals surface area contributed by atoms with Crippen LogP contribution in [0.2, 0.25) is 0 Å². The van der Waals surface area contributed by atoms with Crippen LogP contribution in [0.5, 0.6) is 0 Å². The minimum Gasteiger partial charge on any atom is -0.312 e. The van der Waals surface area contributed by atoms with Crippen molar-refractivity contribution in [1.82, 2.24) is 15.1 Å². The van der Waals surface area contributed by atoms with E-state index in [1.807, 2.05) is 0 Å². The Hall–Kier alpha value is -0.900. The van der Waals surface area contributed by atoms with Gasteiger partial charge in [0.2, 0.25) is 0 Å². The maximum Gasteiger partial charge on any atom is 0.0446 e. The molecule has 0 amide bonds. The van der Waals surface area contributed by atoms with Crippen LogP contribution in [0.1, 0.15) is 35.6 Å². The van der Waals surface area contributed by atoms with Gasteiger partial charge in [-0.3, -0.25) is 0 Å². The summed E-state index contributed by atoms with van der Waals surface area (Å²) in [6, 6.07) is 7.93. The molecule has 1 heterocycles. The van der Waals surface area contributed by atoms with Gasteiger partial charge in [-0.15, -0.1) is 0 Å². The van der Waals surface area contributed by atoms with E-state index in [1.54, 1.807) is 0 Å². The molecule has 1 aliphatic heterocycles. The van der Waals surface area contributed by atoms with Gasteiger partial charge in [0.1, 0.15) is 0 Å². The van der Waals surface area contributed by atoms with Crippen LogP contribution in [0.25, 0.3) is 0 Å². The maximum atomic E-state index is 3.49. The molecule has 0 spiro atoms. The topological polar surface area (TPSA) is 18.5 Å². The Morgan fingerprint density at radius 1 is 1.33 bits per heavy atom. The number of nitrogens with one attached hydrogen (secondary N) is 1. The van der Waals surface area contributed by atoms with Crippen LogP contribution in [-0.4, -0.2) is 56.6 Å². The molecule has 0 bridgehead atoms. The zero-order valence-corrected chi connectivity index (χ0v) is 14.3. The number of piperidine rings is 1. The van der Waals surface area contributed by atoms with Crippen molar-refractivity contribution >= 4 is 0 Å². The standard InChI is InChI=1S/C18H31N3/c1-14-8-9-16(11-15(14)2)18(19-3)13-21(5)17-7-6-10-20(4)12-17/h8-9,11,17-19H,6-7,10,12-13H2,1-5H3. The number of aryl methyl sites for hydroxylation is 2. The molecule has 0 aliphatic carbocycles. The largest absolute Gasteiger partial charge is 0.312 e. The molecule has 2 rings (SSSR count). The molecule has 1 aromatic rings. The van der Waals surface area contributed by atoms with E-state index >= 15 is 0 Å². The second kappa shape index (κ2) is 7.39. The summed E-state index contributed by atoms with van der Waals surface area (Å²) in [7, 11) is 6.58. The van der Waals surface area contributed by atoms with Crippen LogP contribution in [0, 0.1) is 13.8 Å². The van der Waals surface area contributed by atoms with Crippen LogP contribution in [0.4, 0.5) is 0 Å². The number of likely N-dealkylation sites (N-methyl/N-ethyl adjacent to an activating group) is 3. The summed E-state index contributed by atoms with van der Waals surface area (Å²) in [6.07, 6.45) is 2.64. The number of nitrogens with zero attached hydrogens (tertiary/aromatic N) is 2. The Morgan fingerprint density at radius 2 is 2.10 bits per heavy atom. The van der Waals surface area contributed by atoms with Gasteiger partial charge in [0, 0.05) is 25.2 Å². The zero-order valence-electron chi connectivity index (χ0n) is 14.3. The highest BCUT2D eigenvalue weighted by Gasteiger charge is 2.23. The van der Waals surface area contributed by atoms with Crippen LogP contribution in [-0.2, 0) is 0 Å². The molecule has 1 N–H and O–H groups in total. The maximum absolute atomic E-state index is 3.49. The molecule has 0 saturated carbocycles. The van der Waals surface area contributed by atoms with Crippen LogP contribution >= 0.6 is 0 Å². The summed E-state index contributed by atoms with van der Waals surface area (Å²) in [4.78, 5) is 4.99. The predicted octanol–water partition coefficient (Wildman–Crippen LogP) is 2.59. The number of benzene rings is 1. The number of hydrogen-bond acceptors (Lipinski definition) is 3. The van der Waals surface area contributed by atoms with Crippen molar-refractivity contribution in [3.63, 3.8) is 0 Å². The summed E-state index contributed by atoms with van der Waals surface area (Å²) in [6.45, 7) is 7.89. The van der Waals surface area contributed by atoms with Crippen molar-refractivity contribution < 1.29 is 0 Å². The van der Waals surface area contributed by atoms with Gasteiger partial charge in [-0.05, 0) is 71.1 Å². The van der Waals surface area contributed by atoms with E-state index < -0.39 is 0 Å². The predicted molar refractivity (Wildman–Crippen MR) is 90.9 cm³/mol. The van der Waals surface area contributed by atoms with E-state index in [1.165, 1.54) is 42.6 Å². The summed E-state index contributed by atoms with van der Waals surface area (Å²) in [5, 5.41) is 3.49. The average molecular weight is 289 g/mol. The van der Waals surface area contributed by atoms with Crippen LogP contribution < -0.4 is 5.32 Å². The summed E-state index contributed by atoms with van der Waals surface area (Å²) >= 11 is 0. The molecule has 0 radical (unpaired) electrons. The van der Waals surface area contributed by atoms with Crippen molar-refractivity contribution in [1.29, 1.82) is 0 Å². The van der Waals surface area contributed by atoms with Crippen molar-refractivity contribution in [2.45, 2.75) is 38.8 Å². The van der Waals surface area contributed by atoms with Gasteiger partial charge in [-0.25, -0.2) is 0 Å². The van der Waals surface area contributed by atoms with E-state index in [2.05, 4.69) is 68.3 Å². The number of hydrogen-bond donors (Lipinski definition) is 1. The molecule has 21 heavy (non-hydrogen) atoms. The lowest BCUT2D eigenvalue weighted by Gasteiger charge is -2.37. The first-order chi connectivity index (χ1) is 10.0. The normalized spacial score (nSPS) is 21.7. The van der Waals surface area contributed by atoms with E-state index in [-0.39, 0.29) is 0 Å². The van der Waals surface area contributed by atoms with E-state index in [0.29, 0.717) is 12.1 Å². The Bertz CT molecular complexity index is 458. The highest BCUT2D eigenvalue weighted by molar-refractivity contribution is 5.31. The quantitative estimate of drug-likeness (QED) is 0.899. The lowest BCUT2D eigenvalue weighted by Crippen LogP contribution is -2.47. The molecule has 3 heteroatoms. The van der Waals surface area contributed by atoms with Crippen molar-refractivity contribution in [3.05, 3.63) is 34.9 Å². The van der Waals surface area contributed by atoms with Gasteiger partial charge in [0.15, 0.2) is 0 Å². The third kappa shape index (κ3) is 4.29. The molecule has 118 valence electrons. The Labute approximate surface area is 130 Å². The molecule has 1 fully saturated rings. The molecule has 2 unspecified atom stereocenters. The van der Waals surface area contributed by atoms with Crippen molar-refractivity contribution in [3.8, 4) is 0 Å². The lowest BCUT2D eigenvalue weighted by molar-refractivity contribution is 0.126. The van der Waals surface area contributed by atoms with Crippen LogP contribution in [0.3, 0.4) is 0 Å². The summed E-state index contributed by atoms with van der Waals surface area (Å²) in [5.41, 5.74) is 4.15. The average Bonchev–Trinajstić information content (AvgIpc) is 2.47. The fourth-order valence-electron chi connectivity index (χ4n) is 3.28. The van der Waals surface area contributed by atoms with Gasteiger partial charge in [-0.1, -0.05) is 18.2 Å². The minimum absolute atomic E-state index is 0.404. The third-order valence-electron chi connectivity index (χ3n) is 4.98. The monoisotopic (exact) mass is 289 g/mol. The molecule has 1 aliphatic rings. The summed E-state index contributed by atoms with van der Waals surface area (Å²) in [5.74, 6) is 0. The Morgan fingerprint density at radius 3 is 2.71 bits per heavy atom. The molecule has 0 aromatic heterocycles. The molecule has 1 aromatic carbocycles. The molecule has 1 saturated heterocycles. The molecule has 2 atom stereocenters. The fourth-order valence-corrected chi connectivity index (χ4v) is 3.28. The van der Waals surface area contributed by atoms with E-state index in [9.17, 15) is 0 Å². The van der Waals surface area contributed by atoms with Crippen LogP contribution in [0.15, 0.2) is 18.2 Å². The second-order valence-corrected chi connectivity index (χ2v) is 6.68. The van der Waals surface area contributed by atoms with Gasteiger partial charge < -0.3 is 15.1 Å². The Balaban J connectivity index is 2.02. The molecule has 3 nitrogen and oxygen atoms in total. The number of rotatable bonds is 5. The first kappa shape index (κ1) is 16.5. The highest BCUT2D eigenvalue weighted by atomic mass is 15.2. The fraction of sp³-hybridized carbons (Fsp3) is 0.667. The lowest BCUT2D eigenvalue weighted by atomic mass is 9.99. The SMILES string of the molecule is CNC(CN(C)C1CCCN(C)C1)c1ccc(C)c(C)c1. The smallest absolute Gasteiger partial charge is 0.0446 e. The van der Waals surface area contributed by atoms with Crippen molar-refractivity contribution in [2.75, 3.05) is 40.8 Å². The van der Waals surface area contributed by atoms with E-state index in [0.717, 1.165) is 6.54 Å². The minimum atomic E-state index is 0.404. The van der Waals surface area contributed by atoms with Gasteiger partial charge in [0.05, 0.1) is 0 Å². The van der Waals surface area contributed by atoms with Crippen molar-refractivity contribution in [2.24, 2.45) is 0 Å². The number of likely N-dealkylation sites (tertiary alicyclic amines) is 1. The molecular formula is C18H31N3. The van der Waals surface area contributed by atoms with Gasteiger partial charge in [-0.2, -0.15) is 0 Å². The van der Waals surface area contributed by atoms with E-state index in [4.69, 9.17) is 0 Å². The summed E-state index contributed by atoms with van der Waals surface area (Å²) < 4.78 is 0. The zero-order chi connectivity index (χ0) is 15.4. The first-order valence-electron chi connectivity index (χ1n) is 8.14. The van der Waals surface area contributed by atoms with Gasteiger partial charge >= 0.3 is 0 Å². The third-order valence-corrected chi connectivity index (χ3v) is 4.98.